The molecule has 0 aliphatic rings. The van der Waals surface area contributed by atoms with Crippen molar-refractivity contribution in [1.82, 2.24) is 10.2 Å². The van der Waals surface area contributed by atoms with Gasteiger partial charge in [-0.25, -0.2) is 0 Å². The lowest BCUT2D eigenvalue weighted by atomic mass is 9.92. The van der Waals surface area contributed by atoms with Gasteiger partial charge in [0.2, 0.25) is 0 Å². The number of halogens is 1. The Bertz CT molecular complexity index is 360. The number of rotatable bonds is 8. The Morgan fingerprint density at radius 3 is 2.42 bits per heavy atom. The third kappa shape index (κ3) is 6.95. The molecule has 0 fully saturated rings. The first-order valence-electron chi connectivity index (χ1n) is 7.06. The molecular weight excluding hydrogens is 256 g/mol. The normalized spacial score (nSPS) is 12.1. The molecule has 0 aromatic heterocycles. The fourth-order valence-corrected chi connectivity index (χ4v) is 2.47. The van der Waals surface area contributed by atoms with Gasteiger partial charge in [0.25, 0.3) is 0 Å². The summed E-state index contributed by atoms with van der Waals surface area (Å²) in [6, 6.07) is 8.11. The van der Waals surface area contributed by atoms with Crippen LogP contribution in [0.1, 0.15) is 32.8 Å². The summed E-state index contributed by atoms with van der Waals surface area (Å²) in [5.41, 5.74) is 1.60. The Labute approximate surface area is 123 Å². The molecule has 0 aliphatic carbocycles. The molecule has 0 saturated heterocycles. The summed E-state index contributed by atoms with van der Waals surface area (Å²) in [5.74, 6) is 0. The lowest BCUT2D eigenvalue weighted by Gasteiger charge is -2.30. The van der Waals surface area contributed by atoms with Crippen molar-refractivity contribution in [3.8, 4) is 0 Å². The molecule has 1 rings (SSSR count). The predicted molar refractivity (Wildman–Crippen MR) is 84.7 cm³/mol. The summed E-state index contributed by atoms with van der Waals surface area (Å²) in [4.78, 5) is 2.37. The Morgan fingerprint density at radius 1 is 1.21 bits per heavy atom. The topological polar surface area (TPSA) is 15.3 Å². The van der Waals surface area contributed by atoms with Crippen LogP contribution in [0.4, 0.5) is 0 Å². The standard InChI is InChI=1S/C16H27ClN2/c1-5-10-18-12-16(2,3)13-19(4)11-14-6-8-15(17)9-7-14/h6-9,18H,5,10-13H2,1-4H3. The van der Waals surface area contributed by atoms with Crippen molar-refractivity contribution in [2.24, 2.45) is 5.41 Å². The zero-order valence-corrected chi connectivity index (χ0v) is 13.4. The van der Waals surface area contributed by atoms with E-state index in [0.29, 0.717) is 0 Å². The molecule has 3 heteroatoms. The third-order valence-corrected chi connectivity index (χ3v) is 3.35. The molecule has 0 radical (unpaired) electrons. The van der Waals surface area contributed by atoms with Crippen LogP contribution in [0.5, 0.6) is 0 Å². The first-order chi connectivity index (χ1) is 8.93. The van der Waals surface area contributed by atoms with E-state index in [-0.39, 0.29) is 5.41 Å². The zero-order valence-electron chi connectivity index (χ0n) is 12.7. The van der Waals surface area contributed by atoms with Crippen LogP contribution in [-0.4, -0.2) is 31.6 Å². The fourth-order valence-electron chi connectivity index (χ4n) is 2.35. The van der Waals surface area contributed by atoms with E-state index in [1.165, 1.54) is 12.0 Å². The second-order valence-corrected chi connectivity index (χ2v) is 6.58. The van der Waals surface area contributed by atoms with E-state index in [1.807, 2.05) is 12.1 Å². The molecule has 2 nitrogen and oxygen atoms in total. The SMILES string of the molecule is CCCNCC(C)(C)CN(C)Cc1ccc(Cl)cc1. The zero-order chi connectivity index (χ0) is 14.3. The minimum atomic E-state index is 0.288. The Balaban J connectivity index is 2.40. The summed E-state index contributed by atoms with van der Waals surface area (Å²) in [6.45, 7) is 11.0. The maximum atomic E-state index is 5.90. The second-order valence-electron chi connectivity index (χ2n) is 6.14. The average molecular weight is 283 g/mol. The maximum Gasteiger partial charge on any atom is 0.0406 e. The largest absolute Gasteiger partial charge is 0.316 e. The highest BCUT2D eigenvalue weighted by Gasteiger charge is 2.19. The van der Waals surface area contributed by atoms with E-state index >= 15 is 0 Å². The van der Waals surface area contributed by atoms with Gasteiger partial charge in [-0.1, -0.05) is 44.5 Å². The minimum absolute atomic E-state index is 0.288. The Hall–Kier alpha value is -0.570. The molecular formula is C16H27ClN2. The Morgan fingerprint density at radius 2 is 1.84 bits per heavy atom. The van der Waals surface area contributed by atoms with Gasteiger partial charge in [-0.3, -0.25) is 0 Å². The van der Waals surface area contributed by atoms with Crippen LogP contribution in [0.15, 0.2) is 24.3 Å². The van der Waals surface area contributed by atoms with Crippen molar-refractivity contribution in [2.75, 3.05) is 26.7 Å². The van der Waals surface area contributed by atoms with Crippen LogP contribution in [-0.2, 0) is 6.54 Å². The van der Waals surface area contributed by atoms with E-state index in [2.05, 4.69) is 50.2 Å². The summed E-state index contributed by atoms with van der Waals surface area (Å²) in [5, 5.41) is 4.31. The fraction of sp³-hybridized carbons (Fsp3) is 0.625. The predicted octanol–water partition coefficient (Wildman–Crippen LogP) is 3.80. The lowest BCUT2D eigenvalue weighted by Crippen LogP contribution is -2.39. The summed E-state index contributed by atoms with van der Waals surface area (Å²) >= 11 is 5.90. The van der Waals surface area contributed by atoms with Crippen molar-refractivity contribution in [1.29, 1.82) is 0 Å². The number of nitrogens with zero attached hydrogens (tertiary/aromatic N) is 1. The van der Waals surface area contributed by atoms with Gasteiger partial charge in [0.15, 0.2) is 0 Å². The van der Waals surface area contributed by atoms with Crippen LogP contribution in [0.25, 0.3) is 0 Å². The van der Waals surface area contributed by atoms with Gasteiger partial charge >= 0.3 is 0 Å². The van der Waals surface area contributed by atoms with E-state index in [0.717, 1.165) is 31.2 Å². The van der Waals surface area contributed by atoms with Crippen LogP contribution < -0.4 is 5.32 Å². The third-order valence-electron chi connectivity index (χ3n) is 3.09. The van der Waals surface area contributed by atoms with Crippen LogP contribution in [0.3, 0.4) is 0 Å². The van der Waals surface area contributed by atoms with Crippen LogP contribution in [0.2, 0.25) is 5.02 Å². The van der Waals surface area contributed by atoms with Gasteiger partial charge in [0.1, 0.15) is 0 Å². The summed E-state index contributed by atoms with van der Waals surface area (Å²) in [7, 11) is 2.18. The lowest BCUT2D eigenvalue weighted by molar-refractivity contribution is 0.199. The Kier molecular flexibility index (Phi) is 6.84. The molecule has 19 heavy (non-hydrogen) atoms. The maximum absolute atomic E-state index is 5.90. The number of benzene rings is 1. The van der Waals surface area contributed by atoms with Crippen molar-refractivity contribution in [3.63, 3.8) is 0 Å². The molecule has 108 valence electrons. The quantitative estimate of drug-likeness (QED) is 0.730. The molecule has 1 aromatic rings. The monoisotopic (exact) mass is 282 g/mol. The molecule has 0 unspecified atom stereocenters. The molecule has 0 atom stereocenters. The molecule has 1 aromatic carbocycles. The average Bonchev–Trinajstić information content (AvgIpc) is 2.31. The van der Waals surface area contributed by atoms with Gasteiger partial charge in [-0.15, -0.1) is 0 Å². The minimum Gasteiger partial charge on any atom is -0.316 e. The smallest absolute Gasteiger partial charge is 0.0406 e. The highest BCUT2D eigenvalue weighted by Crippen LogP contribution is 2.17. The van der Waals surface area contributed by atoms with Crippen molar-refractivity contribution in [2.45, 2.75) is 33.7 Å². The van der Waals surface area contributed by atoms with Crippen molar-refractivity contribution >= 4 is 11.6 Å². The molecule has 0 heterocycles. The van der Waals surface area contributed by atoms with Gasteiger partial charge in [-0.2, -0.15) is 0 Å². The van der Waals surface area contributed by atoms with E-state index in [9.17, 15) is 0 Å². The van der Waals surface area contributed by atoms with E-state index < -0.39 is 0 Å². The van der Waals surface area contributed by atoms with Crippen LogP contribution >= 0.6 is 11.6 Å². The van der Waals surface area contributed by atoms with E-state index in [4.69, 9.17) is 11.6 Å². The summed E-state index contributed by atoms with van der Waals surface area (Å²) in [6.07, 6.45) is 1.19. The molecule has 0 spiro atoms. The first kappa shape index (κ1) is 16.5. The van der Waals surface area contributed by atoms with Crippen molar-refractivity contribution < 1.29 is 0 Å². The van der Waals surface area contributed by atoms with Crippen LogP contribution in [0, 0.1) is 5.41 Å². The highest BCUT2D eigenvalue weighted by molar-refractivity contribution is 6.30. The van der Waals surface area contributed by atoms with Crippen molar-refractivity contribution in [3.05, 3.63) is 34.9 Å². The number of nitrogens with one attached hydrogen (secondary N) is 1. The number of hydrogen-bond donors (Lipinski definition) is 1. The molecule has 0 amide bonds. The molecule has 0 bridgehead atoms. The van der Waals surface area contributed by atoms with Gasteiger partial charge in [0, 0.05) is 24.7 Å². The van der Waals surface area contributed by atoms with Gasteiger partial charge in [0.05, 0.1) is 0 Å². The van der Waals surface area contributed by atoms with Gasteiger partial charge in [-0.05, 0) is 43.1 Å². The molecule has 0 aliphatic heterocycles. The second kappa shape index (κ2) is 7.88. The number of hydrogen-bond acceptors (Lipinski definition) is 2. The first-order valence-corrected chi connectivity index (χ1v) is 7.44. The summed E-state index contributed by atoms with van der Waals surface area (Å²) < 4.78 is 0. The van der Waals surface area contributed by atoms with E-state index in [1.54, 1.807) is 0 Å². The molecule has 0 saturated carbocycles. The van der Waals surface area contributed by atoms with Gasteiger partial charge < -0.3 is 10.2 Å². The highest BCUT2D eigenvalue weighted by atomic mass is 35.5. The molecule has 1 N–H and O–H groups in total.